The van der Waals surface area contributed by atoms with E-state index in [4.69, 9.17) is 5.73 Å². The Morgan fingerprint density at radius 3 is 2.63 bits per heavy atom. The number of hydrogen-bond acceptors (Lipinski definition) is 5. The van der Waals surface area contributed by atoms with E-state index in [9.17, 15) is 0 Å². The second-order valence-electron chi connectivity index (χ2n) is 5.80. The zero-order valence-corrected chi connectivity index (χ0v) is 12.3. The largest absolute Gasteiger partial charge is 0.383 e. The molecule has 0 saturated heterocycles. The predicted octanol–water partition coefficient (Wildman–Crippen LogP) is 2.08. The highest BCUT2D eigenvalue weighted by atomic mass is 15.2. The summed E-state index contributed by atoms with van der Waals surface area (Å²) in [6.45, 7) is 7.34. The third-order valence-corrected chi connectivity index (χ3v) is 3.88. The monoisotopic (exact) mass is 263 g/mol. The molecule has 2 rings (SSSR count). The molecule has 3 N–H and O–H groups in total. The molecule has 1 atom stereocenters. The summed E-state index contributed by atoms with van der Waals surface area (Å²) in [5.74, 6) is 1.77. The van der Waals surface area contributed by atoms with Crippen LogP contribution in [0.1, 0.15) is 45.1 Å². The fourth-order valence-electron chi connectivity index (χ4n) is 2.35. The Labute approximate surface area is 115 Å². The standard InChI is InChI=1S/C14H25N5/c1-9(2)12-13(15)17-8-18-14(12)16-7-10(3)19(4)11-5-6-11/h8-11H,5-7H2,1-4H3,(H3,15,16,17,18). The fourth-order valence-corrected chi connectivity index (χ4v) is 2.35. The summed E-state index contributed by atoms with van der Waals surface area (Å²) in [5.41, 5.74) is 6.96. The molecular weight excluding hydrogens is 238 g/mol. The Kier molecular flexibility index (Phi) is 4.24. The highest BCUT2D eigenvalue weighted by Crippen LogP contribution is 2.28. The van der Waals surface area contributed by atoms with E-state index in [0.29, 0.717) is 17.8 Å². The van der Waals surface area contributed by atoms with Gasteiger partial charge in [-0.2, -0.15) is 0 Å². The number of hydrogen-bond donors (Lipinski definition) is 2. The maximum Gasteiger partial charge on any atom is 0.135 e. The van der Waals surface area contributed by atoms with Gasteiger partial charge in [0.05, 0.1) is 0 Å². The number of anilines is 2. The molecule has 1 aromatic heterocycles. The maximum atomic E-state index is 5.95. The molecule has 1 aliphatic carbocycles. The second-order valence-corrected chi connectivity index (χ2v) is 5.80. The Balaban J connectivity index is 2.00. The number of likely N-dealkylation sites (N-methyl/N-ethyl adjacent to an activating group) is 1. The third kappa shape index (κ3) is 3.35. The first kappa shape index (κ1) is 14.1. The fraction of sp³-hybridized carbons (Fsp3) is 0.714. The van der Waals surface area contributed by atoms with Crippen LogP contribution in [-0.4, -0.2) is 40.5 Å². The summed E-state index contributed by atoms with van der Waals surface area (Å²) < 4.78 is 0. The Morgan fingerprint density at radius 1 is 1.37 bits per heavy atom. The van der Waals surface area contributed by atoms with Crippen molar-refractivity contribution in [3.05, 3.63) is 11.9 Å². The average molecular weight is 263 g/mol. The van der Waals surface area contributed by atoms with Gasteiger partial charge >= 0.3 is 0 Å². The first-order valence-corrected chi connectivity index (χ1v) is 7.06. The number of nitrogens with one attached hydrogen (secondary N) is 1. The van der Waals surface area contributed by atoms with Gasteiger partial charge < -0.3 is 11.1 Å². The van der Waals surface area contributed by atoms with Crippen molar-refractivity contribution >= 4 is 11.6 Å². The Bertz CT molecular complexity index is 428. The highest BCUT2D eigenvalue weighted by Gasteiger charge is 2.29. The Hall–Kier alpha value is -1.36. The minimum Gasteiger partial charge on any atom is -0.383 e. The smallest absolute Gasteiger partial charge is 0.135 e. The van der Waals surface area contributed by atoms with Gasteiger partial charge in [-0.25, -0.2) is 9.97 Å². The summed E-state index contributed by atoms with van der Waals surface area (Å²) in [4.78, 5) is 10.8. The van der Waals surface area contributed by atoms with E-state index in [1.54, 1.807) is 0 Å². The van der Waals surface area contributed by atoms with E-state index in [-0.39, 0.29) is 0 Å². The second kappa shape index (κ2) is 5.74. The van der Waals surface area contributed by atoms with Crippen LogP contribution in [0, 0.1) is 0 Å². The van der Waals surface area contributed by atoms with Gasteiger partial charge in [0.25, 0.3) is 0 Å². The highest BCUT2D eigenvalue weighted by molar-refractivity contribution is 5.56. The zero-order valence-electron chi connectivity index (χ0n) is 12.3. The quantitative estimate of drug-likeness (QED) is 0.822. The van der Waals surface area contributed by atoms with Crippen LogP contribution in [0.15, 0.2) is 6.33 Å². The van der Waals surface area contributed by atoms with Gasteiger partial charge in [-0.3, -0.25) is 4.90 Å². The topological polar surface area (TPSA) is 67.1 Å². The lowest BCUT2D eigenvalue weighted by molar-refractivity contribution is 0.257. The average Bonchev–Trinajstić information content (AvgIpc) is 3.18. The van der Waals surface area contributed by atoms with Gasteiger partial charge in [0.2, 0.25) is 0 Å². The van der Waals surface area contributed by atoms with Crippen LogP contribution >= 0.6 is 0 Å². The SMILES string of the molecule is CC(C)c1c(N)ncnc1NCC(C)N(C)C1CC1. The molecule has 0 amide bonds. The van der Waals surface area contributed by atoms with Crippen molar-refractivity contribution < 1.29 is 0 Å². The molecule has 5 nitrogen and oxygen atoms in total. The molecule has 0 spiro atoms. The summed E-state index contributed by atoms with van der Waals surface area (Å²) in [6, 6.07) is 1.26. The number of nitrogens with two attached hydrogens (primary N) is 1. The first-order chi connectivity index (χ1) is 9.00. The first-order valence-electron chi connectivity index (χ1n) is 7.06. The summed E-state index contributed by atoms with van der Waals surface area (Å²) in [7, 11) is 2.20. The minimum absolute atomic E-state index is 0.320. The van der Waals surface area contributed by atoms with E-state index < -0.39 is 0 Å². The molecule has 1 aromatic rings. The van der Waals surface area contributed by atoms with Crippen molar-refractivity contribution in [2.45, 2.75) is 51.6 Å². The van der Waals surface area contributed by atoms with Crippen LogP contribution in [0.4, 0.5) is 11.6 Å². The molecular formula is C14H25N5. The van der Waals surface area contributed by atoms with Gasteiger partial charge in [-0.1, -0.05) is 13.8 Å². The van der Waals surface area contributed by atoms with Crippen molar-refractivity contribution in [3.8, 4) is 0 Å². The van der Waals surface area contributed by atoms with Crippen LogP contribution in [0.2, 0.25) is 0 Å². The van der Waals surface area contributed by atoms with Gasteiger partial charge in [0, 0.05) is 24.2 Å². The molecule has 0 aromatic carbocycles. The molecule has 0 bridgehead atoms. The molecule has 106 valence electrons. The molecule has 1 fully saturated rings. The summed E-state index contributed by atoms with van der Waals surface area (Å²) >= 11 is 0. The number of nitrogen functional groups attached to an aromatic ring is 1. The van der Waals surface area contributed by atoms with Crippen molar-refractivity contribution in [3.63, 3.8) is 0 Å². The van der Waals surface area contributed by atoms with Gasteiger partial charge in [-0.05, 0) is 32.7 Å². The van der Waals surface area contributed by atoms with Gasteiger partial charge in [0.1, 0.15) is 18.0 Å². The molecule has 1 unspecified atom stereocenters. The number of nitrogens with zero attached hydrogens (tertiary/aromatic N) is 3. The van der Waals surface area contributed by atoms with E-state index in [1.165, 1.54) is 19.2 Å². The lowest BCUT2D eigenvalue weighted by atomic mass is 10.0. The van der Waals surface area contributed by atoms with E-state index in [2.05, 4.69) is 48.0 Å². The van der Waals surface area contributed by atoms with Crippen molar-refractivity contribution in [1.82, 2.24) is 14.9 Å². The van der Waals surface area contributed by atoms with Crippen LogP contribution in [0.25, 0.3) is 0 Å². The van der Waals surface area contributed by atoms with Crippen LogP contribution in [0.3, 0.4) is 0 Å². The number of rotatable bonds is 6. The van der Waals surface area contributed by atoms with E-state index in [1.807, 2.05) is 0 Å². The summed E-state index contributed by atoms with van der Waals surface area (Å²) in [5, 5.41) is 3.43. The molecule has 1 aliphatic rings. The van der Waals surface area contributed by atoms with Crippen molar-refractivity contribution in [2.75, 3.05) is 24.6 Å². The molecule has 1 heterocycles. The van der Waals surface area contributed by atoms with Gasteiger partial charge in [0.15, 0.2) is 0 Å². The normalized spacial score (nSPS) is 16.9. The van der Waals surface area contributed by atoms with Crippen molar-refractivity contribution in [1.29, 1.82) is 0 Å². The van der Waals surface area contributed by atoms with E-state index >= 15 is 0 Å². The summed E-state index contributed by atoms with van der Waals surface area (Å²) in [6.07, 6.45) is 4.19. The van der Waals surface area contributed by atoms with Crippen LogP contribution in [0.5, 0.6) is 0 Å². The lowest BCUT2D eigenvalue weighted by Crippen LogP contribution is -2.36. The van der Waals surface area contributed by atoms with Crippen LogP contribution < -0.4 is 11.1 Å². The minimum atomic E-state index is 0.320. The Morgan fingerprint density at radius 2 is 2.05 bits per heavy atom. The van der Waals surface area contributed by atoms with E-state index in [0.717, 1.165) is 24.0 Å². The third-order valence-electron chi connectivity index (χ3n) is 3.88. The lowest BCUT2D eigenvalue weighted by Gasteiger charge is -2.25. The molecule has 0 radical (unpaired) electrons. The van der Waals surface area contributed by atoms with Crippen LogP contribution in [-0.2, 0) is 0 Å². The van der Waals surface area contributed by atoms with Crippen molar-refractivity contribution in [2.24, 2.45) is 0 Å². The molecule has 19 heavy (non-hydrogen) atoms. The molecule has 0 aliphatic heterocycles. The predicted molar refractivity (Wildman–Crippen MR) is 79.3 cm³/mol. The zero-order chi connectivity index (χ0) is 14.0. The maximum absolute atomic E-state index is 5.95. The molecule has 5 heteroatoms. The van der Waals surface area contributed by atoms with Gasteiger partial charge in [-0.15, -0.1) is 0 Å². The molecule has 1 saturated carbocycles. The number of aromatic nitrogens is 2.